The molecule has 4 unspecified atom stereocenters. The van der Waals surface area contributed by atoms with Crippen LogP contribution in [-0.2, 0) is 11.2 Å². The highest BCUT2D eigenvalue weighted by Crippen LogP contribution is 2.57. The molecule has 2 aliphatic rings. The quantitative estimate of drug-likeness (QED) is 0.778. The summed E-state index contributed by atoms with van der Waals surface area (Å²) >= 11 is 0. The molecular weight excluding hydrogens is 336 g/mol. The zero-order chi connectivity index (χ0) is 17.2. The van der Waals surface area contributed by atoms with Crippen LogP contribution in [0.15, 0.2) is 24.3 Å². The van der Waals surface area contributed by atoms with E-state index in [-0.39, 0.29) is 29.8 Å². The molecule has 1 amide bonds. The molecule has 2 bridgehead atoms. The first-order valence-corrected chi connectivity index (χ1v) is 9.20. The highest BCUT2D eigenvalue weighted by molar-refractivity contribution is 5.85. The molecule has 0 saturated heterocycles. The fourth-order valence-corrected chi connectivity index (χ4v) is 4.75. The lowest BCUT2D eigenvalue weighted by molar-refractivity contribution is -0.134. The van der Waals surface area contributed by atoms with Crippen molar-refractivity contribution in [2.45, 2.75) is 51.5 Å². The van der Waals surface area contributed by atoms with Crippen molar-refractivity contribution in [2.24, 2.45) is 23.0 Å². The van der Waals surface area contributed by atoms with Crippen molar-refractivity contribution in [1.82, 2.24) is 5.32 Å². The monoisotopic (exact) mass is 366 g/mol. The van der Waals surface area contributed by atoms with Gasteiger partial charge in [0.1, 0.15) is 5.75 Å². The molecular formula is C20H31ClN2O2. The molecule has 0 aromatic heterocycles. The van der Waals surface area contributed by atoms with Crippen LogP contribution in [0.3, 0.4) is 0 Å². The predicted molar refractivity (Wildman–Crippen MR) is 103 cm³/mol. The molecule has 1 aromatic carbocycles. The molecule has 2 saturated carbocycles. The molecule has 25 heavy (non-hydrogen) atoms. The van der Waals surface area contributed by atoms with E-state index in [2.05, 4.69) is 17.4 Å². The highest BCUT2D eigenvalue weighted by atomic mass is 35.5. The lowest BCUT2D eigenvalue weighted by atomic mass is 9.68. The van der Waals surface area contributed by atoms with Crippen LogP contribution in [0.5, 0.6) is 5.75 Å². The molecule has 2 fully saturated rings. The maximum absolute atomic E-state index is 13.1. The number of hydrogen-bond acceptors (Lipinski definition) is 3. The first-order chi connectivity index (χ1) is 11.5. The molecule has 1 aromatic rings. The van der Waals surface area contributed by atoms with Gasteiger partial charge < -0.3 is 15.8 Å². The molecule has 4 atom stereocenters. The van der Waals surface area contributed by atoms with E-state index < -0.39 is 0 Å². The van der Waals surface area contributed by atoms with Crippen LogP contribution in [0.1, 0.15) is 44.6 Å². The normalized spacial score (nSPS) is 28.3. The van der Waals surface area contributed by atoms with Gasteiger partial charge in [0.2, 0.25) is 5.91 Å². The molecule has 3 rings (SSSR count). The number of ether oxygens (including phenoxy) is 1. The summed E-state index contributed by atoms with van der Waals surface area (Å²) in [5.41, 5.74) is 6.77. The van der Waals surface area contributed by atoms with Crippen LogP contribution < -0.4 is 15.8 Å². The Labute approximate surface area is 157 Å². The van der Waals surface area contributed by atoms with E-state index in [4.69, 9.17) is 10.5 Å². The van der Waals surface area contributed by atoms with Gasteiger partial charge in [0.15, 0.2) is 0 Å². The highest BCUT2D eigenvalue weighted by Gasteiger charge is 2.55. The molecule has 0 heterocycles. The van der Waals surface area contributed by atoms with Gasteiger partial charge in [-0.25, -0.2) is 0 Å². The summed E-state index contributed by atoms with van der Waals surface area (Å²) in [5, 5.41) is 3.18. The third-order valence-electron chi connectivity index (χ3n) is 5.97. The van der Waals surface area contributed by atoms with E-state index in [9.17, 15) is 4.79 Å². The van der Waals surface area contributed by atoms with E-state index in [1.165, 1.54) is 24.8 Å². The van der Waals surface area contributed by atoms with Gasteiger partial charge in [-0.15, -0.1) is 12.4 Å². The van der Waals surface area contributed by atoms with Crippen molar-refractivity contribution in [3.63, 3.8) is 0 Å². The van der Waals surface area contributed by atoms with Gasteiger partial charge in [-0.3, -0.25) is 4.79 Å². The van der Waals surface area contributed by atoms with Crippen LogP contribution in [0.4, 0.5) is 0 Å². The second-order valence-corrected chi connectivity index (χ2v) is 7.79. The minimum Gasteiger partial charge on any atom is -0.497 e. The SMILES string of the molecule is COc1cccc(CC2(C(=O)NCCC(C)N)CC3CCC2C3)c1.Cl. The van der Waals surface area contributed by atoms with Crippen LogP contribution in [0.25, 0.3) is 0 Å². The van der Waals surface area contributed by atoms with Gasteiger partial charge in [0.05, 0.1) is 12.5 Å². The van der Waals surface area contributed by atoms with Gasteiger partial charge in [-0.2, -0.15) is 0 Å². The second kappa shape index (κ2) is 8.41. The predicted octanol–water partition coefficient (Wildman–Crippen LogP) is 3.32. The zero-order valence-corrected chi connectivity index (χ0v) is 16.1. The van der Waals surface area contributed by atoms with Gasteiger partial charge in [0.25, 0.3) is 0 Å². The molecule has 4 nitrogen and oxygen atoms in total. The molecule has 0 radical (unpaired) electrons. The number of carbonyl (C=O) groups excluding carboxylic acids is 1. The Morgan fingerprint density at radius 3 is 2.84 bits per heavy atom. The first kappa shape index (κ1) is 20.1. The van der Waals surface area contributed by atoms with Crippen molar-refractivity contribution < 1.29 is 9.53 Å². The van der Waals surface area contributed by atoms with Crippen molar-refractivity contribution >= 4 is 18.3 Å². The van der Waals surface area contributed by atoms with Crippen molar-refractivity contribution in [2.75, 3.05) is 13.7 Å². The Kier molecular flexibility index (Phi) is 6.75. The number of amides is 1. The Morgan fingerprint density at radius 2 is 2.24 bits per heavy atom. The number of methoxy groups -OCH3 is 1. The molecule has 0 spiro atoms. The van der Waals surface area contributed by atoms with E-state index in [0.29, 0.717) is 12.5 Å². The van der Waals surface area contributed by atoms with Crippen LogP contribution in [0, 0.1) is 17.3 Å². The Morgan fingerprint density at radius 1 is 1.44 bits per heavy atom. The molecule has 2 aliphatic carbocycles. The summed E-state index contributed by atoms with van der Waals surface area (Å²) in [6.07, 6.45) is 6.36. The third-order valence-corrected chi connectivity index (χ3v) is 5.97. The Hall–Kier alpha value is -1.26. The van der Waals surface area contributed by atoms with Crippen molar-refractivity contribution in [3.05, 3.63) is 29.8 Å². The van der Waals surface area contributed by atoms with Gasteiger partial charge >= 0.3 is 0 Å². The fourth-order valence-electron chi connectivity index (χ4n) is 4.75. The number of rotatable bonds is 7. The maximum atomic E-state index is 13.1. The van der Waals surface area contributed by atoms with Crippen molar-refractivity contribution in [3.8, 4) is 5.75 Å². The fraction of sp³-hybridized carbons (Fsp3) is 0.650. The molecule has 3 N–H and O–H groups in total. The zero-order valence-electron chi connectivity index (χ0n) is 15.3. The van der Waals surface area contributed by atoms with Crippen molar-refractivity contribution in [1.29, 1.82) is 0 Å². The average Bonchev–Trinajstić information content (AvgIpc) is 3.16. The number of carbonyl (C=O) groups is 1. The average molecular weight is 367 g/mol. The minimum atomic E-state index is -0.243. The van der Waals surface area contributed by atoms with Gasteiger partial charge in [0, 0.05) is 12.6 Å². The summed E-state index contributed by atoms with van der Waals surface area (Å²) in [4.78, 5) is 13.1. The molecule has 0 aliphatic heterocycles. The topological polar surface area (TPSA) is 64.3 Å². The van der Waals surface area contributed by atoms with Gasteiger partial charge in [-0.05, 0) is 68.6 Å². The van der Waals surface area contributed by atoms with Crippen LogP contribution in [-0.4, -0.2) is 25.6 Å². The maximum Gasteiger partial charge on any atom is 0.226 e. The van der Waals surface area contributed by atoms with E-state index in [1.54, 1.807) is 7.11 Å². The number of benzene rings is 1. The lowest BCUT2D eigenvalue weighted by Gasteiger charge is -2.36. The Bertz CT molecular complexity index is 593. The van der Waals surface area contributed by atoms with Gasteiger partial charge in [-0.1, -0.05) is 18.6 Å². The summed E-state index contributed by atoms with van der Waals surface area (Å²) in [6, 6.07) is 8.29. The lowest BCUT2D eigenvalue weighted by Crippen LogP contribution is -2.46. The second-order valence-electron chi connectivity index (χ2n) is 7.79. The first-order valence-electron chi connectivity index (χ1n) is 9.20. The summed E-state index contributed by atoms with van der Waals surface area (Å²) in [5.74, 6) is 2.34. The minimum absolute atomic E-state index is 0. The number of hydrogen-bond donors (Lipinski definition) is 2. The molecule has 5 heteroatoms. The van der Waals surface area contributed by atoms with Crippen LogP contribution >= 0.6 is 12.4 Å². The number of nitrogens with one attached hydrogen (secondary N) is 1. The molecule has 140 valence electrons. The number of nitrogens with two attached hydrogens (primary N) is 1. The summed E-state index contributed by atoms with van der Waals surface area (Å²) < 4.78 is 5.35. The largest absolute Gasteiger partial charge is 0.497 e. The standard InChI is InChI=1S/C20H30N2O2.ClH/c1-14(21)8-9-22-19(23)20(13-16-6-7-17(20)10-16)12-15-4-3-5-18(11-15)24-2;/h3-5,11,14,16-17H,6-10,12-13,21H2,1-2H3,(H,22,23);1H. The summed E-state index contributed by atoms with van der Waals surface area (Å²) in [6.45, 7) is 2.66. The van der Waals surface area contributed by atoms with E-state index in [0.717, 1.165) is 30.9 Å². The van der Waals surface area contributed by atoms with Crippen LogP contribution in [0.2, 0.25) is 0 Å². The number of fused-ring (bicyclic) bond motifs is 2. The third kappa shape index (κ3) is 4.29. The Balaban J connectivity index is 0.00000225. The summed E-state index contributed by atoms with van der Waals surface area (Å²) in [7, 11) is 1.69. The van der Waals surface area contributed by atoms with E-state index >= 15 is 0 Å². The van der Waals surface area contributed by atoms with E-state index in [1.807, 2.05) is 19.1 Å². The number of halogens is 1. The smallest absolute Gasteiger partial charge is 0.226 e.